The van der Waals surface area contributed by atoms with Crippen molar-refractivity contribution in [1.29, 1.82) is 0 Å². The van der Waals surface area contributed by atoms with E-state index in [0.29, 0.717) is 0 Å². The molecule has 0 aliphatic rings. The van der Waals surface area contributed by atoms with Gasteiger partial charge in [0.25, 0.3) is 0 Å². The van der Waals surface area contributed by atoms with Gasteiger partial charge >= 0.3 is 0 Å². The monoisotopic (exact) mass is 247 g/mol. The van der Waals surface area contributed by atoms with Crippen molar-refractivity contribution in [1.82, 2.24) is 15.3 Å². The molecule has 1 atom stereocenters. The third kappa shape index (κ3) is 2.53. The second-order valence-corrected chi connectivity index (χ2v) is 4.81. The van der Waals surface area contributed by atoms with Crippen LogP contribution < -0.4 is 5.32 Å². The fourth-order valence-electron chi connectivity index (χ4n) is 1.66. The number of hydrogen-bond acceptors (Lipinski definition) is 4. The summed E-state index contributed by atoms with van der Waals surface area (Å²) in [4.78, 5) is 9.10. The van der Waals surface area contributed by atoms with E-state index in [-0.39, 0.29) is 6.04 Å². The van der Waals surface area contributed by atoms with Crippen LogP contribution in [0.25, 0.3) is 10.7 Å². The molecule has 0 fully saturated rings. The SMILES string of the molecule is CCc1cccnc1-c1nc(C(C)NC)cs1. The van der Waals surface area contributed by atoms with E-state index in [0.717, 1.165) is 22.8 Å². The number of nitrogens with zero attached hydrogens (tertiary/aromatic N) is 2. The molecule has 0 spiro atoms. The van der Waals surface area contributed by atoms with E-state index in [4.69, 9.17) is 0 Å². The summed E-state index contributed by atoms with van der Waals surface area (Å²) in [5.74, 6) is 0. The standard InChI is InChI=1S/C13H17N3S/c1-4-10-6-5-7-15-12(10)13-16-11(8-17-13)9(2)14-3/h5-9,14H,4H2,1-3H3. The van der Waals surface area contributed by atoms with Crippen molar-refractivity contribution < 1.29 is 0 Å². The maximum Gasteiger partial charge on any atom is 0.142 e. The molecule has 1 unspecified atom stereocenters. The summed E-state index contributed by atoms with van der Waals surface area (Å²) < 4.78 is 0. The second-order valence-electron chi connectivity index (χ2n) is 3.95. The Morgan fingerprint density at radius 2 is 2.29 bits per heavy atom. The van der Waals surface area contributed by atoms with E-state index in [1.54, 1.807) is 11.3 Å². The average molecular weight is 247 g/mol. The highest BCUT2D eigenvalue weighted by Crippen LogP contribution is 2.27. The van der Waals surface area contributed by atoms with Crippen molar-refractivity contribution in [3.05, 3.63) is 35.0 Å². The lowest BCUT2D eigenvalue weighted by Crippen LogP contribution is -2.12. The van der Waals surface area contributed by atoms with Gasteiger partial charge in [-0.2, -0.15) is 0 Å². The van der Waals surface area contributed by atoms with E-state index in [1.165, 1.54) is 5.56 Å². The molecule has 0 bridgehead atoms. The molecule has 1 N–H and O–H groups in total. The van der Waals surface area contributed by atoms with E-state index in [2.05, 4.69) is 40.6 Å². The lowest BCUT2D eigenvalue weighted by Gasteiger charge is -2.05. The summed E-state index contributed by atoms with van der Waals surface area (Å²) in [6.07, 6.45) is 2.82. The minimum atomic E-state index is 0.286. The van der Waals surface area contributed by atoms with Crippen LogP contribution in [0.15, 0.2) is 23.7 Å². The molecule has 0 aliphatic heterocycles. The Morgan fingerprint density at radius 3 is 3.00 bits per heavy atom. The quantitative estimate of drug-likeness (QED) is 0.902. The summed E-state index contributed by atoms with van der Waals surface area (Å²) in [5.41, 5.74) is 3.36. The zero-order valence-electron chi connectivity index (χ0n) is 10.4. The fourth-order valence-corrected chi connectivity index (χ4v) is 2.60. The smallest absolute Gasteiger partial charge is 0.142 e. The van der Waals surface area contributed by atoms with Crippen LogP contribution in [0, 0.1) is 0 Å². The summed E-state index contributed by atoms with van der Waals surface area (Å²) in [6, 6.07) is 4.38. The maximum atomic E-state index is 4.65. The highest BCUT2D eigenvalue weighted by atomic mass is 32.1. The maximum absolute atomic E-state index is 4.65. The Labute approximate surface area is 106 Å². The van der Waals surface area contributed by atoms with Gasteiger partial charge in [0.1, 0.15) is 10.7 Å². The van der Waals surface area contributed by atoms with Crippen molar-refractivity contribution in [2.24, 2.45) is 0 Å². The van der Waals surface area contributed by atoms with Crippen molar-refractivity contribution in [3.8, 4) is 10.7 Å². The largest absolute Gasteiger partial charge is 0.312 e. The molecule has 0 radical (unpaired) electrons. The first-order chi connectivity index (χ1) is 8.26. The minimum absolute atomic E-state index is 0.286. The first-order valence-electron chi connectivity index (χ1n) is 5.83. The summed E-state index contributed by atoms with van der Waals surface area (Å²) >= 11 is 1.66. The predicted octanol–water partition coefficient (Wildman–Crippen LogP) is 3.05. The van der Waals surface area contributed by atoms with Crippen molar-refractivity contribution in [3.63, 3.8) is 0 Å². The van der Waals surface area contributed by atoms with Gasteiger partial charge in [-0.3, -0.25) is 4.98 Å². The van der Waals surface area contributed by atoms with Gasteiger partial charge < -0.3 is 5.32 Å². The second kappa shape index (κ2) is 5.38. The molecule has 4 heteroatoms. The molecule has 90 valence electrons. The Balaban J connectivity index is 2.37. The van der Waals surface area contributed by atoms with Crippen molar-refractivity contribution in [2.75, 3.05) is 7.05 Å². The predicted molar refractivity (Wildman–Crippen MR) is 72.2 cm³/mol. The van der Waals surface area contributed by atoms with Crippen LogP contribution >= 0.6 is 11.3 Å². The summed E-state index contributed by atoms with van der Waals surface area (Å²) in [7, 11) is 1.95. The van der Waals surface area contributed by atoms with E-state index in [1.807, 2.05) is 19.3 Å². The zero-order valence-corrected chi connectivity index (χ0v) is 11.2. The van der Waals surface area contributed by atoms with Gasteiger partial charge in [0, 0.05) is 17.6 Å². The lowest BCUT2D eigenvalue weighted by atomic mass is 10.1. The van der Waals surface area contributed by atoms with Gasteiger partial charge in [0.2, 0.25) is 0 Å². The van der Waals surface area contributed by atoms with Crippen LogP contribution in [-0.4, -0.2) is 17.0 Å². The highest BCUT2D eigenvalue weighted by molar-refractivity contribution is 7.13. The third-order valence-corrected chi connectivity index (χ3v) is 3.74. The van der Waals surface area contributed by atoms with E-state index in [9.17, 15) is 0 Å². The Hall–Kier alpha value is -1.26. The molecular formula is C13H17N3S. The minimum Gasteiger partial charge on any atom is -0.312 e. The highest BCUT2D eigenvalue weighted by Gasteiger charge is 2.12. The number of thiazole rings is 1. The van der Waals surface area contributed by atoms with Gasteiger partial charge in [-0.25, -0.2) is 4.98 Å². The molecule has 2 heterocycles. The normalized spacial score (nSPS) is 12.6. The van der Waals surface area contributed by atoms with Crippen molar-refractivity contribution >= 4 is 11.3 Å². The first kappa shape index (κ1) is 12.2. The Morgan fingerprint density at radius 1 is 1.47 bits per heavy atom. The Kier molecular flexibility index (Phi) is 3.86. The topological polar surface area (TPSA) is 37.8 Å². The van der Waals surface area contributed by atoms with Crippen LogP contribution in [0.3, 0.4) is 0 Å². The number of rotatable bonds is 4. The molecule has 2 aromatic heterocycles. The first-order valence-corrected chi connectivity index (χ1v) is 6.71. The number of nitrogens with one attached hydrogen (secondary N) is 1. The van der Waals surface area contributed by atoms with Gasteiger partial charge in [-0.05, 0) is 32.0 Å². The lowest BCUT2D eigenvalue weighted by molar-refractivity contribution is 0.637. The van der Waals surface area contributed by atoms with E-state index < -0.39 is 0 Å². The van der Waals surface area contributed by atoms with Crippen LogP contribution in [-0.2, 0) is 6.42 Å². The molecular weight excluding hydrogens is 230 g/mol. The van der Waals surface area contributed by atoms with Crippen LogP contribution in [0.2, 0.25) is 0 Å². The summed E-state index contributed by atoms with van der Waals surface area (Å²) in [5, 5.41) is 6.31. The molecule has 0 saturated carbocycles. The number of pyridine rings is 1. The van der Waals surface area contributed by atoms with Crippen LogP contribution in [0.5, 0.6) is 0 Å². The summed E-state index contributed by atoms with van der Waals surface area (Å²) in [6.45, 7) is 4.25. The van der Waals surface area contributed by atoms with Gasteiger partial charge in [-0.15, -0.1) is 11.3 Å². The number of aromatic nitrogens is 2. The van der Waals surface area contributed by atoms with Gasteiger partial charge in [-0.1, -0.05) is 13.0 Å². The number of aryl methyl sites for hydroxylation is 1. The molecule has 0 amide bonds. The van der Waals surface area contributed by atoms with Crippen molar-refractivity contribution in [2.45, 2.75) is 26.3 Å². The average Bonchev–Trinajstić information content (AvgIpc) is 2.87. The molecule has 17 heavy (non-hydrogen) atoms. The molecule has 0 aliphatic carbocycles. The molecule has 2 aromatic rings. The van der Waals surface area contributed by atoms with Gasteiger partial charge in [0.05, 0.1) is 5.69 Å². The van der Waals surface area contributed by atoms with Crippen LogP contribution in [0.1, 0.15) is 31.1 Å². The zero-order chi connectivity index (χ0) is 12.3. The Bertz CT molecular complexity index is 493. The molecule has 3 nitrogen and oxygen atoms in total. The molecule has 0 aromatic carbocycles. The fraction of sp³-hybridized carbons (Fsp3) is 0.385. The van der Waals surface area contributed by atoms with Gasteiger partial charge in [0.15, 0.2) is 0 Å². The number of hydrogen-bond donors (Lipinski definition) is 1. The van der Waals surface area contributed by atoms with E-state index >= 15 is 0 Å². The van der Waals surface area contributed by atoms with Crippen LogP contribution in [0.4, 0.5) is 0 Å². The third-order valence-electron chi connectivity index (χ3n) is 2.87. The molecule has 2 rings (SSSR count). The molecule has 0 saturated heterocycles.